The van der Waals surface area contributed by atoms with E-state index in [0.29, 0.717) is 5.69 Å². The lowest BCUT2D eigenvalue weighted by molar-refractivity contribution is -0.120. The molecule has 0 saturated heterocycles. The van der Waals surface area contributed by atoms with Gasteiger partial charge in [0, 0.05) is 0 Å². The normalized spacial score (nSPS) is 12.3. The molecule has 5 nitrogen and oxygen atoms in total. The van der Waals surface area contributed by atoms with Crippen molar-refractivity contribution in [3.05, 3.63) is 94.5 Å². The Balaban J connectivity index is 1.92. The van der Waals surface area contributed by atoms with Crippen molar-refractivity contribution >= 4 is 21.6 Å². The Hall–Kier alpha value is -3.12. The van der Waals surface area contributed by atoms with E-state index in [-0.39, 0.29) is 23.4 Å². The van der Waals surface area contributed by atoms with Gasteiger partial charge in [-0.05, 0) is 81.1 Å². The van der Waals surface area contributed by atoms with Crippen LogP contribution in [0.1, 0.15) is 40.8 Å². The number of rotatable bonds is 7. The molecule has 0 radical (unpaired) electrons. The van der Waals surface area contributed by atoms with E-state index in [2.05, 4.69) is 5.32 Å². The van der Waals surface area contributed by atoms with Crippen LogP contribution in [0.15, 0.2) is 71.6 Å². The second kappa shape index (κ2) is 9.57. The van der Waals surface area contributed by atoms with Gasteiger partial charge in [0.2, 0.25) is 5.91 Å². The third-order valence-corrected chi connectivity index (χ3v) is 7.46. The number of carbonyl (C=O) groups excluding carboxylic acids is 1. The second-order valence-corrected chi connectivity index (χ2v) is 10.1. The average molecular weight is 451 g/mol. The number of hydrogen-bond donors (Lipinski definition) is 1. The third kappa shape index (κ3) is 5.19. The number of amides is 1. The summed E-state index contributed by atoms with van der Waals surface area (Å²) in [5.41, 5.74) is 5.67. The van der Waals surface area contributed by atoms with Crippen molar-refractivity contribution in [1.82, 2.24) is 5.32 Å². The fourth-order valence-corrected chi connectivity index (χ4v) is 5.07. The predicted octanol–water partition coefficient (Wildman–Crippen LogP) is 4.99. The highest BCUT2D eigenvalue weighted by molar-refractivity contribution is 7.92. The third-order valence-electron chi connectivity index (χ3n) is 5.68. The summed E-state index contributed by atoms with van der Waals surface area (Å²) in [5, 5.41) is 2.97. The van der Waals surface area contributed by atoms with Gasteiger partial charge in [-0.1, -0.05) is 48.0 Å². The van der Waals surface area contributed by atoms with E-state index in [1.807, 2.05) is 58.9 Å². The molecule has 6 heteroatoms. The van der Waals surface area contributed by atoms with Gasteiger partial charge in [-0.15, -0.1) is 0 Å². The van der Waals surface area contributed by atoms with E-state index in [1.54, 1.807) is 42.5 Å². The molecular weight excluding hydrogens is 420 g/mol. The van der Waals surface area contributed by atoms with Crippen LogP contribution in [0.3, 0.4) is 0 Å². The van der Waals surface area contributed by atoms with E-state index >= 15 is 0 Å². The standard InChI is InChI=1S/C26H30N2O3S/c1-18-11-12-20(3)25(15-18)22(5)27-26(29)17-28(23-14-13-19(2)21(4)16-23)32(30,31)24-9-7-6-8-10-24/h6-16,22H,17H2,1-5H3,(H,27,29). The van der Waals surface area contributed by atoms with E-state index < -0.39 is 10.0 Å². The van der Waals surface area contributed by atoms with Crippen molar-refractivity contribution in [2.75, 3.05) is 10.8 Å². The van der Waals surface area contributed by atoms with Crippen LogP contribution in [0.5, 0.6) is 0 Å². The molecule has 3 rings (SSSR count). The first kappa shape index (κ1) is 23.5. The quantitative estimate of drug-likeness (QED) is 0.551. The van der Waals surface area contributed by atoms with Crippen molar-refractivity contribution in [3.8, 4) is 0 Å². The van der Waals surface area contributed by atoms with Crippen LogP contribution >= 0.6 is 0 Å². The number of carbonyl (C=O) groups is 1. The van der Waals surface area contributed by atoms with Crippen LogP contribution in [-0.4, -0.2) is 20.9 Å². The number of hydrogen-bond acceptors (Lipinski definition) is 3. The van der Waals surface area contributed by atoms with Gasteiger partial charge >= 0.3 is 0 Å². The Morgan fingerprint density at radius 1 is 0.875 bits per heavy atom. The summed E-state index contributed by atoms with van der Waals surface area (Å²) in [7, 11) is -3.92. The van der Waals surface area contributed by atoms with Crippen molar-refractivity contribution in [3.63, 3.8) is 0 Å². The topological polar surface area (TPSA) is 66.5 Å². The minimum Gasteiger partial charge on any atom is -0.348 e. The highest BCUT2D eigenvalue weighted by Gasteiger charge is 2.28. The molecule has 168 valence electrons. The summed E-state index contributed by atoms with van der Waals surface area (Å²) in [5.74, 6) is -0.365. The minimum atomic E-state index is -3.92. The summed E-state index contributed by atoms with van der Waals surface area (Å²) >= 11 is 0. The number of nitrogens with one attached hydrogen (secondary N) is 1. The highest BCUT2D eigenvalue weighted by atomic mass is 32.2. The fraction of sp³-hybridized carbons (Fsp3) is 0.269. The molecule has 3 aromatic carbocycles. The highest BCUT2D eigenvalue weighted by Crippen LogP contribution is 2.26. The van der Waals surface area contributed by atoms with Crippen LogP contribution in [-0.2, 0) is 14.8 Å². The lowest BCUT2D eigenvalue weighted by Gasteiger charge is -2.26. The zero-order valence-electron chi connectivity index (χ0n) is 19.2. The molecule has 0 heterocycles. The fourth-order valence-electron chi connectivity index (χ4n) is 3.64. The largest absolute Gasteiger partial charge is 0.348 e. The Labute approximate surface area is 191 Å². The van der Waals surface area contributed by atoms with Crippen molar-refractivity contribution in [1.29, 1.82) is 0 Å². The number of benzene rings is 3. The van der Waals surface area contributed by atoms with Crippen LogP contribution in [0.25, 0.3) is 0 Å². The number of nitrogens with zero attached hydrogens (tertiary/aromatic N) is 1. The maximum absolute atomic E-state index is 13.5. The van der Waals surface area contributed by atoms with Gasteiger partial charge in [0.15, 0.2) is 0 Å². The molecule has 1 atom stereocenters. The zero-order valence-corrected chi connectivity index (χ0v) is 20.0. The monoisotopic (exact) mass is 450 g/mol. The Morgan fingerprint density at radius 2 is 1.53 bits per heavy atom. The van der Waals surface area contributed by atoms with E-state index in [4.69, 9.17) is 0 Å². The molecule has 0 aliphatic heterocycles. The number of aryl methyl sites for hydroxylation is 4. The van der Waals surface area contributed by atoms with Gasteiger partial charge in [0.05, 0.1) is 16.6 Å². The van der Waals surface area contributed by atoms with Gasteiger partial charge in [0.1, 0.15) is 6.54 Å². The summed E-state index contributed by atoms with van der Waals surface area (Å²) in [4.78, 5) is 13.2. The molecule has 32 heavy (non-hydrogen) atoms. The summed E-state index contributed by atoms with van der Waals surface area (Å²) in [6, 6.07) is 19.5. The van der Waals surface area contributed by atoms with E-state index in [1.165, 1.54) is 4.31 Å². The molecule has 0 aromatic heterocycles. The maximum atomic E-state index is 13.5. The van der Waals surface area contributed by atoms with Crippen LogP contribution in [0, 0.1) is 27.7 Å². The molecule has 0 aliphatic rings. The van der Waals surface area contributed by atoms with Crippen molar-refractivity contribution in [2.45, 2.75) is 45.6 Å². The SMILES string of the molecule is Cc1ccc(C)c(C(C)NC(=O)CN(c2ccc(C)c(C)c2)S(=O)(=O)c2ccccc2)c1. The molecule has 1 N–H and O–H groups in total. The summed E-state index contributed by atoms with van der Waals surface area (Å²) in [6.07, 6.45) is 0. The molecule has 0 fully saturated rings. The lowest BCUT2D eigenvalue weighted by Crippen LogP contribution is -2.41. The molecule has 0 saturated carbocycles. The van der Waals surface area contributed by atoms with Gasteiger partial charge in [-0.3, -0.25) is 9.10 Å². The average Bonchev–Trinajstić information content (AvgIpc) is 2.76. The zero-order chi connectivity index (χ0) is 23.5. The Bertz CT molecular complexity index is 1220. The Kier molecular flexibility index (Phi) is 7.04. The second-order valence-electron chi connectivity index (χ2n) is 8.24. The molecule has 1 unspecified atom stereocenters. The van der Waals surface area contributed by atoms with Crippen molar-refractivity contribution < 1.29 is 13.2 Å². The minimum absolute atomic E-state index is 0.147. The van der Waals surface area contributed by atoms with Gasteiger partial charge in [-0.25, -0.2) is 8.42 Å². The number of sulfonamides is 1. The summed E-state index contributed by atoms with van der Waals surface area (Å²) in [6.45, 7) is 9.49. The predicted molar refractivity (Wildman–Crippen MR) is 129 cm³/mol. The molecule has 1 amide bonds. The van der Waals surface area contributed by atoms with Crippen LogP contribution in [0.2, 0.25) is 0 Å². The molecule has 3 aromatic rings. The first-order valence-corrected chi connectivity index (χ1v) is 12.0. The molecule has 0 aliphatic carbocycles. The molecule has 0 spiro atoms. The van der Waals surface area contributed by atoms with Gasteiger partial charge < -0.3 is 5.32 Å². The van der Waals surface area contributed by atoms with Crippen LogP contribution < -0.4 is 9.62 Å². The van der Waals surface area contributed by atoms with Gasteiger partial charge in [-0.2, -0.15) is 0 Å². The lowest BCUT2D eigenvalue weighted by atomic mass is 10.00. The van der Waals surface area contributed by atoms with Crippen LogP contribution in [0.4, 0.5) is 5.69 Å². The summed E-state index contributed by atoms with van der Waals surface area (Å²) < 4.78 is 28.1. The van der Waals surface area contributed by atoms with E-state index in [0.717, 1.165) is 27.8 Å². The van der Waals surface area contributed by atoms with E-state index in [9.17, 15) is 13.2 Å². The Morgan fingerprint density at radius 3 is 2.19 bits per heavy atom. The number of anilines is 1. The molecule has 0 bridgehead atoms. The smallest absolute Gasteiger partial charge is 0.264 e. The van der Waals surface area contributed by atoms with Gasteiger partial charge in [0.25, 0.3) is 10.0 Å². The maximum Gasteiger partial charge on any atom is 0.264 e. The molecular formula is C26H30N2O3S. The first-order chi connectivity index (χ1) is 15.1. The first-order valence-electron chi connectivity index (χ1n) is 10.6. The van der Waals surface area contributed by atoms with Crippen molar-refractivity contribution in [2.24, 2.45) is 0 Å².